The zero-order valence-electron chi connectivity index (χ0n) is 16.5. The van der Waals surface area contributed by atoms with E-state index in [4.69, 9.17) is 14.6 Å². The van der Waals surface area contributed by atoms with Crippen LogP contribution in [0, 0.1) is 5.92 Å². The van der Waals surface area contributed by atoms with Crippen LogP contribution in [-0.4, -0.2) is 65.5 Å². The molecular formula is C16H29N2O9P. The summed E-state index contributed by atoms with van der Waals surface area (Å²) in [7, 11) is -3.83. The fourth-order valence-corrected chi connectivity index (χ4v) is 5.02. The Morgan fingerprint density at radius 2 is 1.36 bits per heavy atom. The molecule has 0 aromatic carbocycles. The van der Waals surface area contributed by atoms with Gasteiger partial charge in [-0.3, -0.25) is 23.7 Å². The van der Waals surface area contributed by atoms with Crippen LogP contribution in [0.5, 0.6) is 0 Å². The van der Waals surface area contributed by atoms with E-state index in [1.807, 2.05) is 0 Å². The van der Waals surface area contributed by atoms with Crippen molar-refractivity contribution in [3.8, 4) is 0 Å². The predicted molar refractivity (Wildman–Crippen MR) is 98.9 cm³/mol. The Labute approximate surface area is 163 Å². The quantitative estimate of drug-likeness (QED) is 0.230. The van der Waals surface area contributed by atoms with E-state index < -0.39 is 61.9 Å². The third-order valence-corrected chi connectivity index (χ3v) is 6.18. The van der Waals surface area contributed by atoms with Gasteiger partial charge < -0.3 is 19.7 Å². The number of rotatable bonds is 14. The molecule has 0 fully saturated rings. The molecule has 0 saturated carbocycles. The molecule has 0 heterocycles. The first-order valence-corrected chi connectivity index (χ1v) is 10.8. The van der Waals surface area contributed by atoms with Gasteiger partial charge in [0, 0.05) is 12.6 Å². The lowest BCUT2D eigenvalue weighted by Gasteiger charge is -2.28. The number of carboxylic acids is 2. The maximum absolute atomic E-state index is 13.4. The lowest BCUT2D eigenvalue weighted by molar-refractivity contribution is -0.145. The Bertz CT molecular complexity index is 581. The van der Waals surface area contributed by atoms with Crippen LogP contribution in [0.1, 0.15) is 40.5 Å². The topological polar surface area (TPSA) is 168 Å². The molecule has 0 aromatic rings. The first-order valence-electron chi connectivity index (χ1n) is 8.88. The minimum absolute atomic E-state index is 0.0954. The Kier molecular flexibility index (Phi) is 11.6. The molecule has 11 nitrogen and oxygen atoms in total. The smallest absolute Gasteiger partial charge is 0.323 e. The van der Waals surface area contributed by atoms with Crippen molar-refractivity contribution in [1.82, 2.24) is 10.2 Å². The largest absolute Gasteiger partial charge is 0.481 e. The lowest BCUT2D eigenvalue weighted by Crippen LogP contribution is -2.43. The number of esters is 2. The van der Waals surface area contributed by atoms with Gasteiger partial charge in [-0.2, -0.15) is 0 Å². The van der Waals surface area contributed by atoms with E-state index in [9.17, 15) is 28.8 Å². The second-order valence-corrected chi connectivity index (χ2v) is 8.46. The number of carbonyl (C=O) groups is 4. The minimum Gasteiger partial charge on any atom is -0.481 e. The van der Waals surface area contributed by atoms with E-state index in [-0.39, 0.29) is 19.6 Å². The van der Waals surface area contributed by atoms with Gasteiger partial charge >= 0.3 is 23.9 Å². The lowest BCUT2D eigenvalue weighted by atomic mass is 10.1. The number of nitrogens with one attached hydrogen (secondary N) is 2. The molecule has 0 aliphatic carbocycles. The first kappa shape index (κ1) is 26.0. The van der Waals surface area contributed by atoms with Crippen LogP contribution < -0.4 is 10.2 Å². The van der Waals surface area contributed by atoms with Crippen molar-refractivity contribution in [2.75, 3.05) is 19.4 Å². The highest BCUT2D eigenvalue weighted by Crippen LogP contribution is 2.41. The van der Waals surface area contributed by atoms with Crippen LogP contribution in [0.2, 0.25) is 0 Å². The number of aliphatic carboxylic acids is 2. The summed E-state index contributed by atoms with van der Waals surface area (Å²) in [4.78, 5) is 46.0. The summed E-state index contributed by atoms with van der Waals surface area (Å²) in [6.45, 7) is 6.15. The van der Waals surface area contributed by atoms with Crippen LogP contribution >= 0.6 is 7.44 Å². The summed E-state index contributed by atoms with van der Waals surface area (Å²) in [5, 5.41) is 23.2. The molecule has 0 rings (SSSR count). The maximum Gasteiger partial charge on any atom is 0.323 e. The van der Waals surface area contributed by atoms with Gasteiger partial charge in [-0.25, -0.2) is 10.2 Å². The van der Waals surface area contributed by atoms with E-state index in [0.717, 1.165) is 0 Å². The summed E-state index contributed by atoms with van der Waals surface area (Å²) in [5.41, 5.74) is 0. The molecule has 0 aliphatic rings. The van der Waals surface area contributed by atoms with Crippen LogP contribution in [0.25, 0.3) is 0 Å². The van der Waals surface area contributed by atoms with Gasteiger partial charge in [0.05, 0.1) is 19.1 Å². The SMILES string of the molecule is CCOC(=O)[C@H](C)NP(=O)(CC(CCC(=O)O)C(=O)O)N[C@@H](C)C(=O)OCC. The molecule has 0 aliphatic heterocycles. The van der Waals surface area contributed by atoms with Crippen molar-refractivity contribution in [3.63, 3.8) is 0 Å². The second-order valence-electron chi connectivity index (χ2n) is 6.10. The fourth-order valence-electron chi connectivity index (χ4n) is 2.31. The first-order chi connectivity index (χ1) is 13.0. The maximum atomic E-state index is 13.4. The van der Waals surface area contributed by atoms with Crippen LogP contribution in [0.4, 0.5) is 0 Å². The normalized spacial score (nSPS) is 14.6. The minimum atomic E-state index is -3.83. The van der Waals surface area contributed by atoms with Gasteiger partial charge in [0.15, 0.2) is 0 Å². The number of carbonyl (C=O) groups excluding carboxylic acids is 2. The molecule has 0 aromatic heterocycles. The Hall–Kier alpha value is -1.97. The van der Waals surface area contributed by atoms with Crippen molar-refractivity contribution in [2.24, 2.45) is 5.92 Å². The summed E-state index contributed by atoms with van der Waals surface area (Å²) in [6, 6.07) is -2.11. The zero-order chi connectivity index (χ0) is 21.9. The summed E-state index contributed by atoms with van der Waals surface area (Å²) >= 11 is 0. The van der Waals surface area contributed by atoms with Crippen LogP contribution in [-0.2, 0) is 33.2 Å². The Morgan fingerprint density at radius 1 is 0.929 bits per heavy atom. The molecule has 12 heteroatoms. The van der Waals surface area contributed by atoms with Crippen LogP contribution in [0.15, 0.2) is 0 Å². The van der Waals surface area contributed by atoms with E-state index >= 15 is 0 Å². The van der Waals surface area contributed by atoms with E-state index in [1.165, 1.54) is 13.8 Å². The van der Waals surface area contributed by atoms with E-state index in [0.29, 0.717) is 0 Å². The van der Waals surface area contributed by atoms with Gasteiger partial charge in [0.25, 0.3) is 0 Å². The molecule has 28 heavy (non-hydrogen) atoms. The number of carboxylic acid groups (broad SMARTS) is 2. The molecule has 0 spiro atoms. The monoisotopic (exact) mass is 424 g/mol. The van der Waals surface area contributed by atoms with Crippen molar-refractivity contribution in [3.05, 3.63) is 0 Å². The van der Waals surface area contributed by atoms with Crippen LogP contribution in [0.3, 0.4) is 0 Å². The summed E-state index contributed by atoms with van der Waals surface area (Å²) < 4.78 is 23.0. The molecule has 4 N–H and O–H groups in total. The van der Waals surface area contributed by atoms with Gasteiger partial charge in [-0.05, 0) is 34.1 Å². The average Bonchev–Trinajstić information content (AvgIpc) is 2.58. The second kappa shape index (κ2) is 12.5. The zero-order valence-corrected chi connectivity index (χ0v) is 17.4. The average molecular weight is 424 g/mol. The molecule has 0 radical (unpaired) electrons. The summed E-state index contributed by atoms with van der Waals surface area (Å²) in [5.74, 6) is -5.21. The molecule has 0 bridgehead atoms. The fraction of sp³-hybridized carbons (Fsp3) is 0.750. The van der Waals surface area contributed by atoms with E-state index in [1.54, 1.807) is 13.8 Å². The van der Waals surface area contributed by atoms with E-state index in [2.05, 4.69) is 10.2 Å². The Balaban J connectivity index is 5.52. The van der Waals surface area contributed by atoms with Gasteiger partial charge in [-0.1, -0.05) is 0 Å². The highest BCUT2D eigenvalue weighted by atomic mass is 31.2. The number of hydrogen-bond acceptors (Lipinski definition) is 7. The molecule has 0 amide bonds. The number of ether oxygens (including phenoxy) is 2. The molecule has 0 saturated heterocycles. The third kappa shape index (κ3) is 9.82. The molecule has 1 unspecified atom stereocenters. The molecule has 162 valence electrons. The molecule has 3 atom stereocenters. The number of hydrogen-bond donors (Lipinski definition) is 4. The highest BCUT2D eigenvalue weighted by molar-refractivity contribution is 7.60. The standard InChI is InChI=1S/C16H29N2O9P/c1-5-26-15(23)10(3)17-28(25,18-11(4)16(24)27-6-2)9-12(14(21)22)7-8-13(19)20/h10-12H,5-9H2,1-4H3,(H,19,20)(H,21,22)(H2,17,18,25)/t10-,11-,12?/m0/s1. The highest BCUT2D eigenvalue weighted by Gasteiger charge is 2.36. The predicted octanol–water partition coefficient (Wildman–Crippen LogP) is 0.828. The van der Waals surface area contributed by atoms with Gasteiger partial charge in [0.1, 0.15) is 12.1 Å². The van der Waals surface area contributed by atoms with Gasteiger partial charge in [0.2, 0.25) is 7.44 Å². The van der Waals surface area contributed by atoms with Crippen molar-refractivity contribution < 1.29 is 43.4 Å². The van der Waals surface area contributed by atoms with Gasteiger partial charge in [-0.15, -0.1) is 0 Å². The summed E-state index contributed by atoms with van der Waals surface area (Å²) in [6.07, 6.45) is -1.21. The van der Waals surface area contributed by atoms with Crippen molar-refractivity contribution in [2.45, 2.75) is 52.6 Å². The Morgan fingerprint density at radius 3 is 1.68 bits per heavy atom. The third-order valence-electron chi connectivity index (χ3n) is 3.62. The van der Waals surface area contributed by atoms with Crippen molar-refractivity contribution in [1.29, 1.82) is 0 Å². The molecular weight excluding hydrogens is 395 g/mol. The van der Waals surface area contributed by atoms with Crippen molar-refractivity contribution >= 4 is 31.3 Å².